The first kappa shape index (κ1) is 13.3. The maximum atomic E-state index is 3.57. The molecule has 2 rings (SSSR count). The van der Waals surface area contributed by atoms with Crippen LogP contribution in [0, 0.1) is 0 Å². The Labute approximate surface area is 104 Å². The van der Waals surface area contributed by atoms with Gasteiger partial charge >= 0.3 is 0 Å². The molecule has 0 heterocycles. The number of nitrogens with one attached hydrogen (secondary N) is 1. The van der Waals surface area contributed by atoms with Crippen LogP contribution >= 0.6 is 12.4 Å². The molecular weight excluding hydrogens is 218 g/mol. The van der Waals surface area contributed by atoms with Gasteiger partial charge in [-0.25, -0.2) is 0 Å². The van der Waals surface area contributed by atoms with E-state index in [1.807, 2.05) is 6.07 Å². The minimum atomic E-state index is 0. The largest absolute Gasteiger partial charge is 0.311 e. The highest BCUT2D eigenvalue weighted by molar-refractivity contribution is 5.85. The lowest BCUT2D eigenvalue weighted by Gasteiger charge is -2.08. The number of rotatable bonds is 4. The Kier molecular flexibility index (Phi) is 6.20. The molecule has 1 aromatic carbocycles. The van der Waals surface area contributed by atoms with Crippen LogP contribution in [0.4, 0.5) is 0 Å². The zero-order chi connectivity index (χ0) is 10.3. The van der Waals surface area contributed by atoms with Gasteiger partial charge in [-0.15, -0.1) is 12.4 Å². The first-order valence-electron chi connectivity index (χ1n) is 5.90. The molecule has 88 valence electrons. The van der Waals surface area contributed by atoms with E-state index in [9.17, 15) is 0 Å². The third kappa shape index (κ3) is 4.38. The number of hydrogen-bond donors (Lipinski definition) is 1. The molecule has 0 aromatic heterocycles. The molecule has 16 heavy (non-hydrogen) atoms. The van der Waals surface area contributed by atoms with Crippen molar-refractivity contribution in [3.05, 3.63) is 42.0 Å². The highest BCUT2D eigenvalue weighted by Crippen LogP contribution is 2.17. The maximum Gasteiger partial charge on any atom is 0.0140 e. The lowest BCUT2D eigenvalue weighted by molar-refractivity contribution is 0.557. The Balaban J connectivity index is 0.00000128. The van der Waals surface area contributed by atoms with Crippen LogP contribution in [-0.2, 0) is 0 Å². The Hall–Kier alpha value is -0.790. The van der Waals surface area contributed by atoms with Gasteiger partial charge in [0.2, 0.25) is 0 Å². The molecule has 0 amide bonds. The van der Waals surface area contributed by atoms with Crippen molar-refractivity contribution < 1.29 is 0 Å². The SMILES string of the molecule is C(=C\c1ccccc1)/CNC1CCCC1.Cl. The van der Waals surface area contributed by atoms with E-state index in [4.69, 9.17) is 0 Å². The fourth-order valence-electron chi connectivity index (χ4n) is 2.12. The van der Waals surface area contributed by atoms with Gasteiger partial charge in [0, 0.05) is 12.6 Å². The molecule has 1 aromatic rings. The topological polar surface area (TPSA) is 12.0 Å². The van der Waals surface area contributed by atoms with Crippen LogP contribution in [0.2, 0.25) is 0 Å². The van der Waals surface area contributed by atoms with Crippen molar-refractivity contribution in [2.75, 3.05) is 6.54 Å². The van der Waals surface area contributed by atoms with Gasteiger partial charge in [0.05, 0.1) is 0 Å². The average molecular weight is 238 g/mol. The Morgan fingerprint density at radius 2 is 1.81 bits per heavy atom. The van der Waals surface area contributed by atoms with E-state index in [0.717, 1.165) is 12.6 Å². The molecule has 1 saturated carbocycles. The summed E-state index contributed by atoms with van der Waals surface area (Å²) in [4.78, 5) is 0. The summed E-state index contributed by atoms with van der Waals surface area (Å²) in [6, 6.07) is 11.2. The van der Waals surface area contributed by atoms with Crippen LogP contribution in [-0.4, -0.2) is 12.6 Å². The smallest absolute Gasteiger partial charge is 0.0140 e. The molecule has 0 aliphatic heterocycles. The number of benzene rings is 1. The molecule has 0 unspecified atom stereocenters. The molecule has 1 aliphatic rings. The van der Waals surface area contributed by atoms with Crippen molar-refractivity contribution >= 4 is 18.5 Å². The normalized spacial score (nSPS) is 16.5. The number of hydrogen-bond acceptors (Lipinski definition) is 1. The van der Waals surface area contributed by atoms with Gasteiger partial charge in [0.25, 0.3) is 0 Å². The van der Waals surface area contributed by atoms with Crippen molar-refractivity contribution in [1.82, 2.24) is 5.32 Å². The predicted molar refractivity (Wildman–Crippen MR) is 73.0 cm³/mol. The van der Waals surface area contributed by atoms with E-state index in [-0.39, 0.29) is 12.4 Å². The Morgan fingerprint density at radius 3 is 2.50 bits per heavy atom. The molecule has 1 fully saturated rings. The summed E-state index contributed by atoms with van der Waals surface area (Å²) in [5.41, 5.74) is 1.28. The van der Waals surface area contributed by atoms with Crippen molar-refractivity contribution in [2.24, 2.45) is 0 Å². The summed E-state index contributed by atoms with van der Waals surface area (Å²) in [7, 11) is 0. The molecule has 0 bridgehead atoms. The lowest BCUT2D eigenvalue weighted by Crippen LogP contribution is -2.25. The molecular formula is C14H20ClN. The van der Waals surface area contributed by atoms with Crippen LogP contribution in [0.3, 0.4) is 0 Å². The predicted octanol–water partition coefficient (Wildman–Crippen LogP) is 3.65. The molecule has 2 heteroatoms. The van der Waals surface area contributed by atoms with E-state index in [1.165, 1.54) is 31.2 Å². The Morgan fingerprint density at radius 1 is 1.12 bits per heavy atom. The summed E-state index contributed by atoms with van der Waals surface area (Å²) in [6.07, 6.45) is 9.92. The summed E-state index contributed by atoms with van der Waals surface area (Å²) >= 11 is 0. The monoisotopic (exact) mass is 237 g/mol. The van der Waals surface area contributed by atoms with Crippen molar-refractivity contribution in [3.63, 3.8) is 0 Å². The second-order valence-corrected chi connectivity index (χ2v) is 4.20. The lowest BCUT2D eigenvalue weighted by atomic mass is 10.2. The average Bonchev–Trinajstić information content (AvgIpc) is 2.79. The van der Waals surface area contributed by atoms with Gasteiger partial charge in [0.15, 0.2) is 0 Å². The maximum absolute atomic E-state index is 3.57. The van der Waals surface area contributed by atoms with Crippen LogP contribution in [0.1, 0.15) is 31.2 Å². The van der Waals surface area contributed by atoms with Gasteiger partial charge in [0.1, 0.15) is 0 Å². The van der Waals surface area contributed by atoms with Gasteiger partial charge in [-0.3, -0.25) is 0 Å². The van der Waals surface area contributed by atoms with E-state index in [0.29, 0.717) is 0 Å². The third-order valence-corrected chi connectivity index (χ3v) is 2.99. The molecule has 1 nitrogen and oxygen atoms in total. The fraction of sp³-hybridized carbons (Fsp3) is 0.429. The van der Waals surface area contributed by atoms with Gasteiger partial charge < -0.3 is 5.32 Å². The van der Waals surface area contributed by atoms with E-state index < -0.39 is 0 Å². The minimum Gasteiger partial charge on any atom is -0.311 e. The van der Waals surface area contributed by atoms with Crippen molar-refractivity contribution in [1.29, 1.82) is 0 Å². The minimum absolute atomic E-state index is 0. The van der Waals surface area contributed by atoms with E-state index >= 15 is 0 Å². The summed E-state index contributed by atoms with van der Waals surface area (Å²) in [5.74, 6) is 0. The quantitative estimate of drug-likeness (QED) is 0.843. The molecule has 0 spiro atoms. The summed E-state index contributed by atoms with van der Waals surface area (Å²) in [5, 5.41) is 3.57. The van der Waals surface area contributed by atoms with Gasteiger partial charge in [-0.1, -0.05) is 55.3 Å². The zero-order valence-corrected chi connectivity index (χ0v) is 10.4. The fourth-order valence-corrected chi connectivity index (χ4v) is 2.12. The van der Waals surface area contributed by atoms with Gasteiger partial charge in [-0.05, 0) is 18.4 Å². The van der Waals surface area contributed by atoms with Crippen LogP contribution in [0.25, 0.3) is 6.08 Å². The van der Waals surface area contributed by atoms with Crippen molar-refractivity contribution in [2.45, 2.75) is 31.7 Å². The van der Waals surface area contributed by atoms with Crippen LogP contribution in [0.15, 0.2) is 36.4 Å². The summed E-state index contributed by atoms with van der Waals surface area (Å²) < 4.78 is 0. The van der Waals surface area contributed by atoms with Crippen molar-refractivity contribution in [3.8, 4) is 0 Å². The standard InChI is InChI=1S/C14H19N.ClH/c1-2-7-13(8-3-1)9-6-12-15-14-10-4-5-11-14;/h1-3,6-9,14-15H,4-5,10-12H2;1H/b9-6+;. The molecule has 0 radical (unpaired) electrons. The summed E-state index contributed by atoms with van der Waals surface area (Å²) in [6.45, 7) is 1.000. The Bertz CT molecular complexity index is 302. The van der Waals surface area contributed by atoms with E-state index in [2.05, 4.69) is 41.7 Å². The first-order chi connectivity index (χ1) is 7.45. The molecule has 1 N–H and O–H groups in total. The third-order valence-electron chi connectivity index (χ3n) is 2.99. The van der Waals surface area contributed by atoms with E-state index in [1.54, 1.807) is 0 Å². The molecule has 1 aliphatic carbocycles. The second kappa shape index (κ2) is 7.48. The first-order valence-corrected chi connectivity index (χ1v) is 5.90. The van der Waals surface area contributed by atoms with Gasteiger partial charge in [-0.2, -0.15) is 0 Å². The number of halogens is 1. The van der Waals surface area contributed by atoms with Crippen LogP contribution in [0.5, 0.6) is 0 Å². The molecule has 0 saturated heterocycles. The highest BCUT2D eigenvalue weighted by atomic mass is 35.5. The zero-order valence-electron chi connectivity index (χ0n) is 9.56. The van der Waals surface area contributed by atoms with Crippen LogP contribution < -0.4 is 5.32 Å². The second-order valence-electron chi connectivity index (χ2n) is 4.20. The molecule has 0 atom stereocenters. The highest BCUT2D eigenvalue weighted by Gasteiger charge is 2.12.